The van der Waals surface area contributed by atoms with Crippen LogP contribution in [0.5, 0.6) is 5.75 Å². The van der Waals surface area contributed by atoms with Crippen LogP contribution >= 0.6 is 12.4 Å². The third-order valence-corrected chi connectivity index (χ3v) is 4.60. The lowest BCUT2D eigenvalue weighted by Gasteiger charge is -2.37. The lowest BCUT2D eigenvalue weighted by molar-refractivity contribution is 0.0995. The van der Waals surface area contributed by atoms with Gasteiger partial charge in [-0.15, -0.1) is 12.4 Å². The zero-order valence-corrected chi connectivity index (χ0v) is 15.2. The van der Waals surface area contributed by atoms with E-state index in [0.717, 1.165) is 26.2 Å². The van der Waals surface area contributed by atoms with Gasteiger partial charge >= 0.3 is 0 Å². The second-order valence-corrected chi connectivity index (χ2v) is 6.28. The first kappa shape index (κ1) is 20.0. The van der Waals surface area contributed by atoms with Gasteiger partial charge in [-0.2, -0.15) is 0 Å². The molecule has 0 aromatic heterocycles. The van der Waals surface area contributed by atoms with Crippen molar-refractivity contribution in [3.05, 3.63) is 59.7 Å². The van der Waals surface area contributed by atoms with E-state index in [1.807, 2.05) is 18.2 Å². The molecule has 0 saturated carbocycles. The number of primary amides is 1. The van der Waals surface area contributed by atoms with Gasteiger partial charge in [0.1, 0.15) is 5.75 Å². The standard InChI is InChI=1S/C19H23N3O3.ClH/c20-19(25)16-12-14(6-7-17(16)23)18(24)13-21-8-10-22(11-9-21)15-4-2-1-3-5-15;/h1-7,12,18,23-24H,8-11,13H2,(H2,20,25);1H. The van der Waals surface area contributed by atoms with E-state index in [9.17, 15) is 15.0 Å². The number of β-amino-alcohol motifs (C(OH)–C–C–N with tert-alkyl or cyclic N) is 1. The van der Waals surface area contributed by atoms with E-state index in [4.69, 9.17) is 5.73 Å². The molecular weight excluding hydrogens is 354 g/mol. The predicted molar refractivity (Wildman–Crippen MR) is 104 cm³/mol. The number of amides is 1. The van der Waals surface area contributed by atoms with Gasteiger partial charge < -0.3 is 20.8 Å². The molecule has 0 spiro atoms. The van der Waals surface area contributed by atoms with Gasteiger partial charge in [-0.05, 0) is 29.8 Å². The van der Waals surface area contributed by atoms with E-state index in [0.29, 0.717) is 12.1 Å². The third-order valence-electron chi connectivity index (χ3n) is 4.60. The molecule has 1 amide bonds. The van der Waals surface area contributed by atoms with Crippen molar-refractivity contribution < 1.29 is 15.0 Å². The molecule has 1 aliphatic heterocycles. The Bertz CT molecular complexity index is 734. The van der Waals surface area contributed by atoms with Gasteiger partial charge in [-0.3, -0.25) is 9.69 Å². The quantitative estimate of drug-likeness (QED) is 0.738. The molecule has 4 N–H and O–H groups in total. The summed E-state index contributed by atoms with van der Waals surface area (Å²) in [5, 5.41) is 20.1. The fourth-order valence-electron chi connectivity index (χ4n) is 3.14. The highest BCUT2D eigenvalue weighted by atomic mass is 35.5. The molecule has 1 heterocycles. The largest absolute Gasteiger partial charge is 0.507 e. The molecule has 1 fully saturated rings. The van der Waals surface area contributed by atoms with Crippen molar-refractivity contribution in [3.63, 3.8) is 0 Å². The molecule has 0 aliphatic carbocycles. The number of nitrogens with two attached hydrogens (primary N) is 1. The van der Waals surface area contributed by atoms with Gasteiger partial charge in [0.15, 0.2) is 0 Å². The Hall–Kier alpha value is -2.28. The first-order valence-electron chi connectivity index (χ1n) is 8.37. The second kappa shape index (κ2) is 8.89. The van der Waals surface area contributed by atoms with Gasteiger partial charge in [0.25, 0.3) is 5.91 Å². The highest BCUT2D eigenvalue weighted by molar-refractivity contribution is 5.95. The first-order valence-corrected chi connectivity index (χ1v) is 8.37. The summed E-state index contributed by atoms with van der Waals surface area (Å²) in [4.78, 5) is 15.8. The predicted octanol–water partition coefficient (Wildman–Crippen LogP) is 1.77. The van der Waals surface area contributed by atoms with Crippen LogP contribution in [0.15, 0.2) is 48.5 Å². The van der Waals surface area contributed by atoms with E-state index in [-0.39, 0.29) is 23.7 Å². The maximum atomic E-state index is 11.3. The van der Waals surface area contributed by atoms with Crippen LogP contribution in [-0.4, -0.2) is 53.7 Å². The van der Waals surface area contributed by atoms with Crippen molar-refractivity contribution in [3.8, 4) is 5.75 Å². The van der Waals surface area contributed by atoms with Crippen LogP contribution in [0.25, 0.3) is 0 Å². The number of phenols is 1. The Kier molecular flexibility index (Phi) is 6.85. The van der Waals surface area contributed by atoms with Crippen LogP contribution in [0.1, 0.15) is 22.0 Å². The number of aliphatic hydroxyl groups is 1. The summed E-state index contributed by atoms with van der Waals surface area (Å²) in [5.41, 5.74) is 7.07. The molecule has 2 aromatic carbocycles. The van der Waals surface area contributed by atoms with Crippen LogP contribution in [0.3, 0.4) is 0 Å². The van der Waals surface area contributed by atoms with Gasteiger partial charge in [0.05, 0.1) is 11.7 Å². The topological polar surface area (TPSA) is 90.0 Å². The van der Waals surface area contributed by atoms with Crippen molar-refractivity contribution in [2.24, 2.45) is 5.73 Å². The van der Waals surface area contributed by atoms with Gasteiger partial charge in [0, 0.05) is 38.4 Å². The zero-order valence-electron chi connectivity index (χ0n) is 14.4. The number of anilines is 1. The molecule has 1 atom stereocenters. The highest BCUT2D eigenvalue weighted by Gasteiger charge is 2.21. The minimum absolute atomic E-state index is 0. The average Bonchev–Trinajstić information content (AvgIpc) is 2.63. The fourth-order valence-corrected chi connectivity index (χ4v) is 3.14. The summed E-state index contributed by atoms with van der Waals surface area (Å²) in [6.07, 6.45) is -0.734. The summed E-state index contributed by atoms with van der Waals surface area (Å²) in [6, 6.07) is 14.8. The van der Waals surface area contributed by atoms with Crippen LogP contribution in [0.4, 0.5) is 5.69 Å². The smallest absolute Gasteiger partial charge is 0.252 e. The maximum absolute atomic E-state index is 11.3. The van der Waals surface area contributed by atoms with Crippen LogP contribution in [0.2, 0.25) is 0 Å². The zero-order chi connectivity index (χ0) is 17.8. The summed E-state index contributed by atoms with van der Waals surface area (Å²) >= 11 is 0. The number of halogens is 1. The number of para-hydroxylation sites is 1. The molecule has 0 bridgehead atoms. The molecule has 7 heteroatoms. The molecule has 6 nitrogen and oxygen atoms in total. The minimum atomic E-state index is -0.734. The Labute approximate surface area is 159 Å². The summed E-state index contributed by atoms with van der Waals surface area (Å²) in [6.45, 7) is 3.99. The Morgan fingerprint density at radius 1 is 1.08 bits per heavy atom. The maximum Gasteiger partial charge on any atom is 0.252 e. The molecular formula is C19H24ClN3O3. The number of benzene rings is 2. The molecule has 1 aliphatic rings. The number of piperazine rings is 1. The number of hydrogen-bond donors (Lipinski definition) is 3. The SMILES string of the molecule is Cl.NC(=O)c1cc(C(O)CN2CCN(c3ccccc3)CC2)ccc1O. The summed E-state index contributed by atoms with van der Waals surface area (Å²) in [5.74, 6) is -0.872. The Morgan fingerprint density at radius 3 is 2.35 bits per heavy atom. The number of rotatable bonds is 5. The first-order chi connectivity index (χ1) is 12.0. The molecule has 26 heavy (non-hydrogen) atoms. The minimum Gasteiger partial charge on any atom is -0.507 e. The molecule has 2 aromatic rings. The number of aromatic hydroxyl groups is 1. The fraction of sp³-hybridized carbons (Fsp3) is 0.316. The number of hydrogen-bond acceptors (Lipinski definition) is 5. The Morgan fingerprint density at radius 2 is 1.73 bits per heavy atom. The van der Waals surface area contributed by atoms with E-state index >= 15 is 0 Å². The molecule has 1 saturated heterocycles. The van der Waals surface area contributed by atoms with Crippen molar-refractivity contribution in [1.82, 2.24) is 4.90 Å². The highest BCUT2D eigenvalue weighted by Crippen LogP contribution is 2.23. The number of carbonyl (C=O) groups excluding carboxylic acids is 1. The molecule has 3 rings (SSSR count). The van der Waals surface area contributed by atoms with Crippen LogP contribution in [-0.2, 0) is 0 Å². The number of aliphatic hydroxyl groups excluding tert-OH is 1. The summed E-state index contributed by atoms with van der Waals surface area (Å²) in [7, 11) is 0. The van der Waals surface area contributed by atoms with Crippen molar-refractivity contribution in [1.29, 1.82) is 0 Å². The van der Waals surface area contributed by atoms with Crippen LogP contribution < -0.4 is 10.6 Å². The third kappa shape index (κ3) is 4.66. The monoisotopic (exact) mass is 377 g/mol. The Balaban J connectivity index is 0.00000243. The number of nitrogens with zero attached hydrogens (tertiary/aromatic N) is 2. The molecule has 140 valence electrons. The average molecular weight is 378 g/mol. The van der Waals surface area contributed by atoms with Crippen molar-refractivity contribution in [2.75, 3.05) is 37.6 Å². The van der Waals surface area contributed by atoms with E-state index < -0.39 is 12.0 Å². The summed E-state index contributed by atoms with van der Waals surface area (Å²) < 4.78 is 0. The van der Waals surface area contributed by atoms with Crippen LogP contribution in [0, 0.1) is 0 Å². The second-order valence-electron chi connectivity index (χ2n) is 6.28. The molecule has 1 unspecified atom stereocenters. The van der Waals surface area contributed by atoms with Crippen molar-refractivity contribution >= 4 is 24.0 Å². The number of carbonyl (C=O) groups is 1. The van der Waals surface area contributed by atoms with Gasteiger partial charge in [-0.1, -0.05) is 24.3 Å². The van der Waals surface area contributed by atoms with E-state index in [1.165, 1.54) is 17.8 Å². The van der Waals surface area contributed by atoms with Gasteiger partial charge in [0.2, 0.25) is 0 Å². The molecule has 0 radical (unpaired) electrons. The van der Waals surface area contributed by atoms with E-state index in [2.05, 4.69) is 21.9 Å². The normalized spacial score (nSPS) is 16.0. The lowest BCUT2D eigenvalue weighted by Crippen LogP contribution is -2.47. The van der Waals surface area contributed by atoms with Gasteiger partial charge in [-0.25, -0.2) is 0 Å². The van der Waals surface area contributed by atoms with E-state index in [1.54, 1.807) is 6.07 Å². The lowest BCUT2D eigenvalue weighted by atomic mass is 10.0. The van der Waals surface area contributed by atoms with Crippen molar-refractivity contribution in [2.45, 2.75) is 6.10 Å².